The van der Waals surface area contributed by atoms with Crippen LogP contribution in [0.1, 0.15) is 56.4 Å². The molecule has 136 valence electrons. The second-order valence-corrected chi connectivity index (χ2v) is 6.47. The Bertz CT molecular complexity index is 653. The highest BCUT2D eigenvalue weighted by molar-refractivity contribution is 5.46. The maximum atomic E-state index is 5.83. The van der Waals surface area contributed by atoms with Gasteiger partial charge in [0.1, 0.15) is 6.04 Å². The van der Waals surface area contributed by atoms with Gasteiger partial charge in [0.15, 0.2) is 5.82 Å². The third-order valence-electron chi connectivity index (χ3n) is 4.33. The number of benzene rings is 1. The first-order valence-electron chi connectivity index (χ1n) is 9.12. The Kier molecular flexibility index (Phi) is 6.42. The number of anilines is 1. The molecule has 25 heavy (non-hydrogen) atoms. The summed E-state index contributed by atoms with van der Waals surface area (Å²) in [7, 11) is 0. The van der Waals surface area contributed by atoms with Crippen LogP contribution in [0.4, 0.5) is 5.69 Å². The third kappa shape index (κ3) is 5.28. The average Bonchev–Trinajstić information content (AvgIpc) is 3.12. The molecule has 1 aromatic heterocycles. The molecule has 1 aromatic carbocycles. The highest BCUT2D eigenvalue weighted by Gasteiger charge is 2.15. The van der Waals surface area contributed by atoms with Gasteiger partial charge >= 0.3 is 0 Å². The van der Waals surface area contributed by atoms with Gasteiger partial charge < -0.3 is 19.3 Å². The minimum atomic E-state index is -0.0420. The summed E-state index contributed by atoms with van der Waals surface area (Å²) in [6.07, 6.45) is 4.53. The second-order valence-electron chi connectivity index (χ2n) is 6.47. The molecule has 0 aliphatic carbocycles. The maximum Gasteiger partial charge on any atom is 0.248 e. The summed E-state index contributed by atoms with van der Waals surface area (Å²) >= 11 is 0. The Hall–Kier alpha value is -1.92. The smallest absolute Gasteiger partial charge is 0.248 e. The van der Waals surface area contributed by atoms with Gasteiger partial charge in [-0.05, 0) is 43.9 Å². The molecule has 1 N–H and O–H groups in total. The Morgan fingerprint density at radius 2 is 2.28 bits per heavy atom. The fourth-order valence-corrected chi connectivity index (χ4v) is 2.90. The van der Waals surface area contributed by atoms with E-state index < -0.39 is 0 Å². The van der Waals surface area contributed by atoms with Crippen LogP contribution < -0.4 is 5.32 Å². The Balaban J connectivity index is 1.50. The van der Waals surface area contributed by atoms with E-state index in [2.05, 4.69) is 27.6 Å². The number of hydrogen-bond acceptors (Lipinski definition) is 6. The molecule has 1 aliphatic rings. The van der Waals surface area contributed by atoms with Crippen molar-refractivity contribution in [2.24, 2.45) is 0 Å². The summed E-state index contributed by atoms with van der Waals surface area (Å²) < 4.78 is 16.8. The second kappa shape index (κ2) is 8.97. The standard InChI is InChI=1S/C19H27N3O3/c1-3-18-21-19(25-22-18)14(2)20-16-8-6-7-15(11-16)12-23-13-17-9-4-5-10-24-17/h6-8,11,14,17,20H,3-5,9-10,12-13H2,1-2H3/t14-,17-/m1/s1. The molecule has 1 aliphatic heterocycles. The maximum absolute atomic E-state index is 5.83. The fourth-order valence-electron chi connectivity index (χ4n) is 2.90. The Morgan fingerprint density at radius 1 is 1.36 bits per heavy atom. The van der Waals surface area contributed by atoms with Crippen molar-refractivity contribution < 1.29 is 14.0 Å². The Morgan fingerprint density at radius 3 is 3.04 bits per heavy atom. The molecule has 1 saturated heterocycles. The van der Waals surface area contributed by atoms with Gasteiger partial charge in [0.25, 0.3) is 0 Å². The van der Waals surface area contributed by atoms with Crippen molar-refractivity contribution in [3.05, 3.63) is 41.5 Å². The molecular formula is C19H27N3O3. The van der Waals surface area contributed by atoms with Gasteiger partial charge in [0, 0.05) is 18.7 Å². The van der Waals surface area contributed by atoms with Crippen LogP contribution in [-0.4, -0.2) is 29.5 Å². The average molecular weight is 345 g/mol. The first-order chi connectivity index (χ1) is 12.2. The van der Waals surface area contributed by atoms with Gasteiger partial charge in [-0.2, -0.15) is 4.98 Å². The zero-order valence-electron chi connectivity index (χ0n) is 15.0. The number of nitrogens with one attached hydrogen (secondary N) is 1. The van der Waals surface area contributed by atoms with Crippen LogP contribution in [0, 0.1) is 0 Å². The summed E-state index contributed by atoms with van der Waals surface area (Å²) in [4.78, 5) is 4.37. The number of aromatic nitrogens is 2. The van der Waals surface area contributed by atoms with Crippen molar-refractivity contribution in [3.8, 4) is 0 Å². The summed E-state index contributed by atoms with van der Waals surface area (Å²) in [5.41, 5.74) is 2.14. The summed E-state index contributed by atoms with van der Waals surface area (Å²) in [6.45, 7) is 6.13. The number of aryl methyl sites for hydroxylation is 1. The van der Waals surface area contributed by atoms with Gasteiger partial charge in [-0.1, -0.05) is 24.2 Å². The topological polar surface area (TPSA) is 69.4 Å². The molecule has 6 nitrogen and oxygen atoms in total. The molecule has 0 bridgehead atoms. The fraction of sp³-hybridized carbons (Fsp3) is 0.579. The van der Waals surface area contributed by atoms with Crippen LogP contribution in [0.5, 0.6) is 0 Å². The predicted molar refractivity (Wildman–Crippen MR) is 95.4 cm³/mol. The van der Waals surface area contributed by atoms with Crippen LogP contribution in [0.2, 0.25) is 0 Å². The quantitative estimate of drug-likeness (QED) is 0.783. The predicted octanol–water partition coefficient (Wildman–Crippen LogP) is 3.89. The van der Waals surface area contributed by atoms with Gasteiger partial charge in [0.05, 0.1) is 19.3 Å². The van der Waals surface area contributed by atoms with E-state index in [0.29, 0.717) is 19.1 Å². The minimum absolute atomic E-state index is 0.0420. The van der Waals surface area contributed by atoms with Crippen LogP contribution in [0.15, 0.2) is 28.8 Å². The lowest BCUT2D eigenvalue weighted by atomic mass is 10.1. The van der Waals surface area contributed by atoms with E-state index in [1.165, 1.54) is 12.8 Å². The highest BCUT2D eigenvalue weighted by atomic mass is 16.5. The van der Waals surface area contributed by atoms with E-state index in [1.54, 1.807) is 0 Å². The number of rotatable bonds is 8. The van der Waals surface area contributed by atoms with Crippen molar-refractivity contribution in [3.63, 3.8) is 0 Å². The zero-order valence-corrected chi connectivity index (χ0v) is 15.0. The van der Waals surface area contributed by atoms with Gasteiger partial charge in [-0.3, -0.25) is 0 Å². The lowest BCUT2D eigenvalue weighted by Gasteiger charge is -2.22. The SMILES string of the molecule is CCc1noc([C@@H](C)Nc2cccc(COC[C@H]3CCCCO3)c2)n1. The highest BCUT2D eigenvalue weighted by Crippen LogP contribution is 2.20. The van der Waals surface area contributed by atoms with Crippen LogP contribution in [0.3, 0.4) is 0 Å². The van der Waals surface area contributed by atoms with Crippen LogP contribution >= 0.6 is 0 Å². The lowest BCUT2D eigenvalue weighted by Crippen LogP contribution is -2.24. The molecule has 0 saturated carbocycles. The third-order valence-corrected chi connectivity index (χ3v) is 4.33. The monoisotopic (exact) mass is 345 g/mol. The first kappa shape index (κ1) is 17.9. The van der Waals surface area contributed by atoms with Gasteiger partial charge in [-0.15, -0.1) is 0 Å². The molecular weight excluding hydrogens is 318 g/mol. The Labute approximate surface area is 148 Å². The van der Waals surface area contributed by atoms with Crippen LogP contribution in [-0.2, 0) is 22.5 Å². The normalized spacial score (nSPS) is 18.9. The van der Waals surface area contributed by atoms with Crippen molar-refractivity contribution in [1.29, 1.82) is 0 Å². The number of ether oxygens (including phenoxy) is 2. The van der Waals surface area contributed by atoms with E-state index in [1.807, 2.05) is 26.0 Å². The summed E-state index contributed by atoms with van der Waals surface area (Å²) in [5.74, 6) is 1.34. The molecule has 1 fully saturated rings. The van der Waals surface area contributed by atoms with Gasteiger partial charge in [-0.25, -0.2) is 0 Å². The largest absolute Gasteiger partial charge is 0.376 e. The first-order valence-corrected chi connectivity index (χ1v) is 9.12. The molecule has 0 amide bonds. The van der Waals surface area contributed by atoms with E-state index in [9.17, 15) is 0 Å². The molecule has 0 radical (unpaired) electrons. The summed E-state index contributed by atoms with van der Waals surface area (Å²) in [5, 5.41) is 7.34. The zero-order chi connectivity index (χ0) is 17.5. The van der Waals surface area contributed by atoms with E-state index in [-0.39, 0.29) is 12.1 Å². The van der Waals surface area contributed by atoms with Gasteiger partial charge in [0.2, 0.25) is 5.89 Å². The molecule has 2 aromatic rings. The molecule has 2 atom stereocenters. The minimum Gasteiger partial charge on any atom is -0.376 e. The van der Waals surface area contributed by atoms with Crippen LogP contribution in [0.25, 0.3) is 0 Å². The molecule has 0 spiro atoms. The molecule has 2 heterocycles. The molecule has 6 heteroatoms. The number of nitrogens with zero attached hydrogens (tertiary/aromatic N) is 2. The van der Waals surface area contributed by atoms with E-state index in [0.717, 1.165) is 36.5 Å². The van der Waals surface area contributed by atoms with Crippen molar-refractivity contribution in [2.75, 3.05) is 18.5 Å². The number of hydrogen-bond donors (Lipinski definition) is 1. The lowest BCUT2D eigenvalue weighted by molar-refractivity contribution is -0.0447. The molecule has 0 unspecified atom stereocenters. The van der Waals surface area contributed by atoms with Crippen molar-refractivity contribution in [1.82, 2.24) is 10.1 Å². The van der Waals surface area contributed by atoms with E-state index >= 15 is 0 Å². The summed E-state index contributed by atoms with van der Waals surface area (Å²) in [6, 6.07) is 8.17. The molecule has 3 rings (SSSR count). The van der Waals surface area contributed by atoms with E-state index in [4.69, 9.17) is 14.0 Å². The van der Waals surface area contributed by atoms with Crippen molar-refractivity contribution >= 4 is 5.69 Å². The van der Waals surface area contributed by atoms with Crippen molar-refractivity contribution in [2.45, 2.75) is 58.3 Å².